The van der Waals surface area contributed by atoms with Crippen molar-refractivity contribution < 1.29 is 12.8 Å². The molecule has 0 heterocycles. The number of anilines is 2. The van der Waals surface area contributed by atoms with Crippen LogP contribution in [0.25, 0.3) is 0 Å². The van der Waals surface area contributed by atoms with Gasteiger partial charge in [0.25, 0.3) is 10.0 Å². The third kappa shape index (κ3) is 3.76. The molecule has 0 amide bonds. The lowest BCUT2D eigenvalue weighted by molar-refractivity contribution is 0.595. The molecule has 0 saturated heterocycles. The number of sulfonamides is 1. The molecule has 0 aliphatic carbocycles. The van der Waals surface area contributed by atoms with Gasteiger partial charge in [-0.25, -0.2) is 12.8 Å². The predicted octanol–water partition coefficient (Wildman–Crippen LogP) is 3.47. The van der Waals surface area contributed by atoms with Crippen molar-refractivity contribution in [2.24, 2.45) is 0 Å². The van der Waals surface area contributed by atoms with Crippen LogP contribution in [-0.4, -0.2) is 21.5 Å². The summed E-state index contributed by atoms with van der Waals surface area (Å²) in [5.41, 5.74) is 1.47. The van der Waals surface area contributed by atoms with Gasteiger partial charge in [-0.05, 0) is 56.3 Å². The fourth-order valence-electron chi connectivity index (χ4n) is 2.18. The molecule has 0 aliphatic heterocycles. The van der Waals surface area contributed by atoms with Gasteiger partial charge in [0, 0.05) is 24.5 Å². The molecule has 0 saturated carbocycles. The van der Waals surface area contributed by atoms with Crippen LogP contribution in [-0.2, 0) is 10.0 Å². The Morgan fingerprint density at radius 1 is 1.05 bits per heavy atom. The Morgan fingerprint density at radius 3 is 2.23 bits per heavy atom. The van der Waals surface area contributed by atoms with E-state index in [0.29, 0.717) is 5.69 Å². The van der Waals surface area contributed by atoms with Crippen molar-refractivity contribution in [3.05, 3.63) is 54.3 Å². The van der Waals surface area contributed by atoms with E-state index in [1.807, 2.05) is 12.1 Å². The van der Waals surface area contributed by atoms with E-state index in [2.05, 4.69) is 23.5 Å². The van der Waals surface area contributed by atoms with Crippen molar-refractivity contribution in [2.45, 2.75) is 18.7 Å². The molecule has 4 nitrogen and oxygen atoms in total. The highest BCUT2D eigenvalue weighted by Gasteiger charge is 2.14. The maximum absolute atomic E-state index is 13.2. The first-order chi connectivity index (χ1) is 10.5. The smallest absolute Gasteiger partial charge is 0.261 e. The van der Waals surface area contributed by atoms with E-state index in [0.717, 1.165) is 24.8 Å². The minimum Gasteiger partial charge on any atom is -0.372 e. The summed E-state index contributed by atoms with van der Waals surface area (Å²) in [7, 11) is -3.78. The van der Waals surface area contributed by atoms with Crippen LogP contribution in [0.1, 0.15) is 13.8 Å². The molecule has 0 bridgehead atoms. The van der Waals surface area contributed by atoms with Crippen molar-refractivity contribution in [1.29, 1.82) is 0 Å². The van der Waals surface area contributed by atoms with Gasteiger partial charge in [-0.15, -0.1) is 0 Å². The van der Waals surface area contributed by atoms with Crippen LogP contribution in [0, 0.1) is 5.82 Å². The summed E-state index contributed by atoms with van der Waals surface area (Å²) in [6.45, 7) is 5.88. The standard InChI is InChI=1S/C16H19FN2O2S/c1-3-19(4-2)15-10-8-14(9-11-15)18-22(20,21)16-7-5-6-13(17)12-16/h5-12,18H,3-4H2,1-2H3. The first-order valence-electron chi connectivity index (χ1n) is 7.09. The maximum atomic E-state index is 13.2. The minimum atomic E-state index is -3.78. The van der Waals surface area contributed by atoms with Crippen LogP contribution >= 0.6 is 0 Å². The topological polar surface area (TPSA) is 49.4 Å². The lowest BCUT2D eigenvalue weighted by atomic mass is 10.2. The second kappa shape index (κ2) is 6.79. The molecule has 6 heteroatoms. The highest BCUT2D eigenvalue weighted by Crippen LogP contribution is 2.21. The van der Waals surface area contributed by atoms with E-state index in [4.69, 9.17) is 0 Å². The SMILES string of the molecule is CCN(CC)c1ccc(NS(=O)(=O)c2cccc(F)c2)cc1. The molecule has 22 heavy (non-hydrogen) atoms. The van der Waals surface area contributed by atoms with Gasteiger partial charge in [-0.3, -0.25) is 4.72 Å². The molecule has 2 aromatic rings. The van der Waals surface area contributed by atoms with E-state index < -0.39 is 15.8 Å². The summed E-state index contributed by atoms with van der Waals surface area (Å²) in [6.07, 6.45) is 0. The van der Waals surface area contributed by atoms with Gasteiger partial charge in [0.1, 0.15) is 5.82 Å². The molecule has 0 aromatic heterocycles. The number of rotatable bonds is 6. The lowest BCUT2D eigenvalue weighted by Crippen LogP contribution is -2.21. The number of benzene rings is 2. The molecular weight excluding hydrogens is 303 g/mol. The summed E-state index contributed by atoms with van der Waals surface area (Å²) < 4.78 is 40.0. The van der Waals surface area contributed by atoms with E-state index in [1.165, 1.54) is 18.2 Å². The fraction of sp³-hybridized carbons (Fsp3) is 0.250. The molecule has 0 aliphatic rings. The fourth-order valence-corrected chi connectivity index (χ4v) is 3.27. The first-order valence-corrected chi connectivity index (χ1v) is 8.58. The van der Waals surface area contributed by atoms with Crippen LogP contribution < -0.4 is 9.62 Å². The second-order valence-corrected chi connectivity index (χ2v) is 6.46. The third-order valence-electron chi connectivity index (χ3n) is 3.35. The molecule has 0 atom stereocenters. The van der Waals surface area contributed by atoms with Crippen LogP contribution in [0.3, 0.4) is 0 Å². The number of nitrogens with zero attached hydrogens (tertiary/aromatic N) is 1. The summed E-state index contributed by atoms with van der Waals surface area (Å²) in [6, 6.07) is 12.0. The lowest BCUT2D eigenvalue weighted by Gasteiger charge is -2.21. The molecule has 118 valence electrons. The van der Waals surface area contributed by atoms with Crippen LogP contribution in [0.2, 0.25) is 0 Å². The zero-order valence-electron chi connectivity index (χ0n) is 12.6. The van der Waals surface area contributed by atoms with Crippen molar-refractivity contribution in [1.82, 2.24) is 0 Å². The minimum absolute atomic E-state index is 0.0969. The first kappa shape index (κ1) is 16.3. The summed E-state index contributed by atoms with van der Waals surface area (Å²) in [5, 5.41) is 0. The third-order valence-corrected chi connectivity index (χ3v) is 4.73. The van der Waals surface area contributed by atoms with E-state index in [1.54, 1.807) is 12.1 Å². The van der Waals surface area contributed by atoms with Crippen LogP contribution in [0.15, 0.2) is 53.4 Å². The Kier molecular flexibility index (Phi) is 5.03. The van der Waals surface area contributed by atoms with Crippen molar-refractivity contribution in [2.75, 3.05) is 22.7 Å². The Morgan fingerprint density at radius 2 is 1.68 bits per heavy atom. The van der Waals surface area contributed by atoms with Gasteiger partial charge >= 0.3 is 0 Å². The van der Waals surface area contributed by atoms with Crippen molar-refractivity contribution in [3.63, 3.8) is 0 Å². The Bertz CT molecular complexity index is 726. The average Bonchev–Trinajstić information content (AvgIpc) is 2.50. The van der Waals surface area contributed by atoms with Crippen molar-refractivity contribution >= 4 is 21.4 Å². The molecule has 0 fully saturated rings. The van der Waals surface area contributed by atoms with Gasteiger partial charge in [0.2, 0.25) is 0 Å². The zero-order chi connectivity index (χ0) is 16.2. The van der Waals surface area contributed by atoms with Gasteiger partial charge in [0.15, 0.2) is 0 Å². The molecule has 0 spiro atoms. The zero-order valence-corrected chi connectivity index (χ0v) is 13.4. The van der Waals surface area contributed by atoms with Crippen LogP contribution in [0.5, 0.6) is 0 Å². The van der Waals surface area contributed by atoms with E-state index in [-0.39, 0.29) is 4.90 Å². The number of hydrogen-bond donors (Lipinski definition) is 1. The predicted molar refractivity (Wildman–Crippen MR) is 87.2 cm³/mol. The highest BCUT2D eigenvalue weighted by atomic mass is 32.2. The molecule has 2 aromatic carbocycles. The van der Waals surface area contributed by atoms with E-state index >= 15 is 0 Å². The van der Waals surface area contributed by atoms with Crippen LogP contribution in [0.4, 0.5) is 15.8 Å². The molecule has 1 N–H and O–H groups in total. The number of hydrogen-bond acceptors (Lipinski definition) is 3. The average molecular weight is 322 g/mol. The van der Waals surface area contributed by atoms with Gasteiger partial charge < -0.3 is 4.90 Å². The largest absolute Gasteiger partial charge is 0.372 e. The number of halogens is 1. The molecular formula is C16H19FN2O2S. The second-order valence-electron chi connectivity index (χ2n) is 4.78. The highest BCUT2D eigenvalue weighted by molar-refractivity contribution is 7.92. The number of nitrogens with one attached hydrogen (secondary N) is 1. The van der Waals surface area contributed by atoms with Gasteiger partial charge in [-0.2, -0.15) is 0 Å². The monoisotopic (exact) mass is 322 g/mol. The van der Waals surface area contributed by atoms with E-state index in [9.17, 15) is 12.8 Å². The Balaban J connectivity index is 2.20. The summed E-state index contributed by atoms with van der Waals surface area (Å²) in [4.78, 5) is 2.06. The van der Waals surface area contributed by atoms with Crippen molar-refractivity contribution in [3.8, 4) is 0 Å². The summed E-state index contributed by atoms with van der Waals surface area (Å²) in [5.74, 6) is -0.584. The Hall–Kier alpha value is -2.08. The quantitative estimate of drug-likeness (QED) is 0.886. The normalized spacial score (nSPS) is 11.2. The molecule has 2 rings (SSSR count). The Labute approximate surface area is 130 Å². The maximum Gasteiger partial charge on any atom is 0.261 e. The molecule has 0 unspecified atom stereocenters. The summed E-state index contributed by atoms with van der Waals surface area (Å²) >= 11 is 0. The van der Waals surface area contributed by atoms with Gasteiger partial charge in [-0.1, -0.05) is 6.07 Å². The van der Waals surface area contributed by atoms with Gasteiger partial charge in [0.05, 0.1) is 4.90 Å². The molecule has 0 radical (unpaired) electrons.